The number of aromatic nitrogens is 3. The number of nitriles is 1. The number of rotatable bonds is 3. The summed E-state index contributed by atoms with van der Waals surface area (Å²) in [6, 6.07) is 4.15. The van der Waals surface area contributed by atoms with Crippen molar-refractivity contribution in [1.82, 2.24) is 17.3 Å². The maximum absolute atomic E-state index is 9.44. The Morgan fingerprint density at radius 1 is 1.72 bits per heavy atom. The standard InChI is InChI=1S/C11H10IN5S/c1-3-17(7-12-17)11-8(6-13)10(18-2)15-9-4-5-14-16(9)11/h3-5H,1,7H2,2H3. The molecule has 0 radical (unpaired) electrons. The topological polar surface area (TPSA) is 54.0 Å². The molecule has 1 atom stereocenters. The SMILES string of the molecule is C=C[N+]1(c2c(C#N)c(SC)nc3ccnn23)C[I-]1. The van der Waals surface area contributed by atoms with Gasteiger partial charge < -0.3 is 0 Å². The predicted octanol–water partition coefficient (Wildman–Crippen LogP) is -1.25. The second-order valence-corrected chi connectivity index (χ2v) is 7.61. The molecule has 18 heavy (non-hydrogen) atoms. The van der Waals surface area contributed by atoms with Crippen molar-refractivity contribution in [3.05, 3.63) is 30.6 Å². The van der Waals surface area contributed by atoms with E-state index in [1.54, 1.807) is 10.7 Å². The minimum absolute atomic E-state index is 0.0175. The Morgan fingerprint density at radius 3 is 3.06 bits per heavy atom. The molecule has 1 saturated heterocycles. The Bertz CT molecular complexity index is 683. The summed E-state index contributed by atoms with van der Waals surface area (Å²) in [6.45, 7) is 3.92. The van der Waals surface area contributed by atoms with Gasteiger partial charge in [-0.3, -0.25) is 0 Å². The van der Waals surface area contributed by atoms with Gasteiger partial charge in [-0.15, -0.1) is 0 Å². The van der Waals surface area contributed by atoms with Crippen molar-refractivity contribution in [3.8, 4) is 6.07 Å². The molecule has 0 bridgehead atoms. The summed E-state index contributed by atoms with van der Waals surface area (Å²) in [4.78, 5) is 4.47. The molecule has 1 aliphatic heterocycles. The number of alkyl halides is 1. The molecule has 7 heteroatoms. The van der Waals surface area contributed by atoms with E-state index < -0.39 is 0 Å². The monoisotopic (exact) mass is 371 g/mol. The summed E-state index contributed by atoms with van der Waals surface area (Å²) in [5.74, 6) is 0.930. The molecule has 0 saturated carbocycles. The second-order valence-electron chi connectivity index (χ2n) is 3.73. The Labute approximate surface area is 119 Å². The van der Waals surface area contributed by atoms with Crippen molar-refractivity contribution in [3.63, 3.8) is 0 Å². The van der Waals surface area contributed by atoms with Crippen molar-refractivity contribution in [1.29, 1.82) is 5.26 Å². The first-order valence-electron chi connectivity index (χ1n) is 5.20. The third kappa shape index (κ3) is 1.56. The van der Waals surface area contributed by atoms with Gasteiger partial charge in [0.2, 0.25) is 0 Å². The van der Waals surface area contributed by atoms with E-state index in [-0.39, 0.29) is 21.5 Å². The fourth-order valence-electron chi connectivity index (χ4n) is 1.85. The van der Waals surface area contributed by atoms with Crippen LogP contribution < -0.4 is 24.2 Å². The summed E-state index contributed by atoms with van der Waals surface area (Å²) >= 11 is 1.48. The van der Waals surface area contributed by atoms with Gasteiger partial charge in [-0.05, 0) is 0 Å². The number of hydrogen-bond donors (Lipinski definition) is 0. The maximum atomic E-state index is 9.44. The van der Waals surface area contributed by atoms with Crippen LogP contribution in [0.15, 0.2) is 30.1 Å². The molecular formula is C11H10IN5S. The number of thioether (sulfide) groups is 1. The number of quaternary nitrogens is 1. The molecule has 0 spiro atoms. The molecule has 0 aliphatic carbocycles. The molecule has 1 unspecified atom stereocenters. The fraction of sp³-hybridized carbons (Fsp3) is 0.182. The fourth-order valence-corrected chi connectivity index (χ4v) is 4.35. The zero-order valence-corrected chi connectivity index (χ0v) is 12.6. The summed E-state index contributed by atoms with van der Waals surface area (Å²) in [7, 11) is 0. The van der Waals surface area contributed by atoms with E-state index in [1.807, 2.05) is 18.5 Å². The third-order valence-electron chi connectivity index (χ3n) is 2.80. The van der Waals surface area contributed by atoms with E-state index in [2.05, 4.69) is 22.7 Å². The number of nitrogens with zero attached hydrogens (tertiary/aromatic N) is 5. The predicted molar refractivity (Wildman–Crippen MR) is 66.3 cm³/mol. The molecule has 92 valence electrons. The molecule has 0 N–H and O–H groups in total. The van der Waals surface area contributed by atoms with Crippen LogP contribution in [-0.2, 0) is 0 Å². The van der Waals surface area contributed by atoms with Crippen LogP contribution in [0.2, 0.25) is 0 Å². The van der Waals surface area contributed by atoms with Crippen molar-refractivity contribution >= 4 is 23.2 Å². The molecule has 0 aromatic carbocycles. The average molecular weight is 371 g/mol. The van der Waals surface area contributed by atoms with Crippen LogP contribution in [0.4, 0.5) is 5.82 Å². The van der Waals surface area contributed by atoms with Crippen LogP contribution in [0.25, 0.3) is 5.65 Å². The first-order chi connectivity index (χ1) is 8.75. The zero-order chi connectivity index (χ0) is 12.8. The van der Waals surface area contributed by atoms with E-state index in [0.29, 0.717) is 5.56 Å². The van der Waals surface area contributed by atoms with Gasteiger partial charge in [0.25, 0.3) is 0 Å². The van der Waals surface area contributed by atoms with Crippen LogP contribution in [0.1, 0.15) is 5.56 Å². The second kappa shape index (κ2) is 4.22. The molecule has 0 amide bonds. The van der Waals surface area contributed by atoms with Gasteiger partial charge in [-0.1, -0.05) is 0 Å². The van der Waals surface area contributed by atoms with Gasteiger partial charge in [0.15, 0.2) is 0 Å². The normalized spacial score (nSPS) is 22.2. The Kier molecular flexibility index (Phi) is 2.80. The van der Waals surface area contributed by atoms with E-state index in [9.17, 15) is 5.26 Å². The number of hydrogen-bond acceptors (Lipinski definition) is 4. The first kappa shape index (κ1) is 12.0. The van der Waals surface area contributed by atoms with E-state index in [1.165, 1.54) is 11.8 Å². The van der Waals surface area contributed by atoms with E-state index >= 15 is 0 Å². The Balaban J connectivity index is 2.42. The van der Waals surface area contributed by atoms with Crippen molar-refractivity contribution < 1.29 is 21.5 Å². The van der Waals surface area contributed by atoms with Gasteiger partial charge in [-0.25, -0.2) is 0 Å². The molecular weight excluding hydrogens is 361 g/mol. The first-order valence-corrected chi connectivity index (χ1v) is 8.92. The van der Waals surface area contributed by atoms with Crippen molar-refractivity contribution in [2.45, 2.75) is 5.03 Å². The van der Waals surface area contributed by atoms with Crippen LogP contribution in [0.5, 0.6) is 0 Å². The molecule has 5 nitrogen and oxygen atoms in total. The van der Waals surface area contributed by atoms with Crippen LogP contribution in [-0.4, -0.2) is 25.4 Å². The molecule has 3 rings (SSSR count). The quantitative estimate of drug-likeness (QED) is 0.129. The average Bonchev–Trinajstić information content (AvgIpc) is 3.06. The summed E-state index contributed by atoms with van der Waals surface area (Å²) < 4.78 is 3.58. The van der Waals surface area contributed by atoms with E-state index in [4.69, 9.17) is 0 Å². The van der Waals surface area contributed by atoms with E-state index in [0.717, 1.165) is 23.7 Å². The molecule has 1 aliphatic rings. The molecule has 1 fully saturated rings. The summed E-state index contributed by atoms with van der Waals surface area (Å²) in [6.07, 6.45) is 5.59. The van der Waals surface area contributed by atoms with Crippen LogP contribution in [0.3, 0.4) is 0 Å². The third-order valence-corrected chi connectivity index (χ3v) is 6.49. The van der Waals surface area contributed by atoms with Crippen molar-refractivity contribution in [2.24, 2.45) is 0 Å². The van der Waals surface area contributed by atoms with Crippen molar-refractivity contribution in [2.75, 3.05) is 10.8 Å². The summed E-state index contributed by atoms with van der Waals surface area (Å²) in [5, 5.41) is 14.5. The Hall–Kier alpha value is -1.11. The zero-order valence-electron chi connectivity index (χ0n) is 9.67. The Morgan fingerprint density at radius 2 is 2.50 bits per heavy atom. The van der Waals surface area contributed by atoms with Crippen LogP contribution >= 0.6 is 11.8 Å². The molecule has 2 aromatic rings. The molecule has 2 aromatic heterocycles. The minimum atomic E-state index is -0.0175. The summed E-state index contributed by atoms with van der Waals surface area (Å²) in [5.41, 5.74) is 1.43. The molecule has 3 heterocycles. The van der Waals surface area contributed by atoms with Gasteiger partial charge in [0, 0.05) is 0 Å². The van der Waals surface area contributed by atoms with Gasteiger partial charge in [0.05, 0.1) is 0 Å². The number of fused-ring (bicyclic) bond motifs is 1. The number of halogens is 1. The van der Waals surface area contributed by atoms with Gasteiger partial charge in [-0.2, -0.15) is 0 Å². The van der Waals surface area contributed by atoms with Gasteiger partial charge in [0.1, 0.15) is 0 Å². The van der Waals surface area contributed by atoms with Gasteiger partial charge >= 0.3 is 120 Å². The van der Waals surface area contributed by atoms with Crippen LogP contribution in [0, 0.1) is 11.3 Å².